The van der Waals surface area contributed by atoms with Gasteiger partial charge in [0, 0.05) is 33.3 Å². The molecule has 0 aliphatic carbocycles. The minimum absolute atomic E-state index is 0.107. The fourth-order valence-corrected chi connectivity index (χ4v) is 2.28. The van der Waals surface area contributed by atoms with Gasteiger partial charge in [-0.2, -0.15) is 0 Å². The van der Waals surface area contributed by atoms with Crippen molar-refractivity contribution >= 4 is 43.5 Å². The van der Waals surface area contributed by atoms with E-state index in [2.05, 4.69) is 36.8 Å². The highest BCUT2D eigenvalue weighted by molar-refractivity contribution is 9.10. The van der Waals surface area contributed by atoms with Crippen molar-refractivity contribution in [2.24, 2.45) is 5.73 Å². The van der Waals surface area contributed by atoms with Gasteiger partial charge >= 0.3 is 0 Å². The summed E-state index contributed by atoms with van der Waals surface area (Å²) >= 11 is 12.8. The number of hydrogen-bond acceptors (Lipinski definition) is 2. The van der Waals surface area contributed by atoms with Crippen molar-refractivity contribution in [3.63, 3.8) is 0 Å². The molecule has 0 saturated carbocycles. The molecule has 18 heavy (non-hydrogen) atoms. The molecule has 1 atom stereocenters. The molecule has 0 aliphatic heterocycles. The summed E-state index contributed by atoms with van der Waals surface area (Å²) in [4.78, 5) is 4.31. The Balaban J connectivity index is 2.13. The van der Waals surface area contributed by atoms with E-state index in [4.69, 9.17) is 17.3 Å². The maximum absolute atomic E-state index is 6.16. The molecule has 1 aromatic carbocycles. The van der Waals surface area contributed by atoms with E-state index in [1.807, 2.05) is 30.3 Å². The summed E-state index contributed by atoms with van der Waals surface area (Å²) in [6.07, 6.45) is 2.46. The largest absolute Gasteiger partial charge is 0.324 e. The summed E-state index contributed by atoms with van der Waals surface area (Å²) in [7, 11) is 0. The lowest BCUT2D eigenvalue weighted by Gasteiger charge is -2.12. The van der Waals surface area contributed by atoms with E-state index in [9.17, 15) is 0 Å². The van der Waals surface area contributed by atoms with Crippen molar-refractivity contribution < 1.29 is 0 Å². The molecule has 94 valence electrons. The second-order valence-electron chi connectivity index (χ2n) is 3.95. The molecule has 1 heterocycles. The number of hydrogen-bond donors (Lipinski definition) is 1. The smallest absolute Gasteiger partial charge is 0.0551 e. The van der Waals surface area contributed by atoms with Crippen LogP contribution in [-0.4, -0.2) is 4.98 Å². The molecule has 2 rings (SSSR count). The van der Waals surface area contributed by atoms with E-state index in [0.717, 1.165) is 20.2 Å². The third-order valence-electron chi connectivity index (χ3n) is 2.59. The third-order valence-corrected chi connectivity index (χ3v) is 4.29. The molecule has 0 saturated heterocycles. The van der Waals surface area contributed by atoms with Crippen molar-refractivity contribution in [3.05, 3.63) is 61.8 Å². The molecule has 0 aliphatic rings. The first-order valence-electron chi connectivity index (χ1n) is 5.37. The Hall–Kier alpha value is -0.420. The topological polar surface area (TPSA) is 38.9 Å². The molecule has 2 N–H and O–H groups in total. The summed E-state index contributed by atoms with van der Waals surface area (Å²) < 4.78 is 1.84. The monoisotopic (exact) mass is 388 g/mol. The maximum atomic E-state index is 6.16. The number of nitrogens with two attached hydrogens (primary N) is 1. The molecule has 0 fully saturated rings. The lowest BCUT2D eigenvalue weighted by Crippen LogP contribution is -2.14. The Bertz CT molecular complexity index is 543. The Labute approximate surface area is 128 Å². The number of rotatable bonds is 3. The third kappa shape index (κ3) is 3.54. The van der Waals surface area contributed by atoms with Crippen molar-refractivity contribution in [1.29, 1.82) is 0 Å². The van der Waals surface area contributed by atoms with Crippen LogP contribution in [0.25, 0.3) is 0 Å². The first-order valence-corrected chi connectivity index (χ1v) is 7.33. The minimum atomic E-state index is -0.107. The van der Waals surface area contributed by atoms with E-state index in [0.29, 0.717) is 11.4 Å². The molecular formula is C13H11Br2ClN2. The highest BCUT2D eigenvalue weighted by Crippen LogP contribution is 2.26. The van der Waals surface area contributed by atoms with Crippen LogP contribution < -0.4 is 5.73 Å². The molecule has 0 radical (unpaired) electrons. The normalized spacial score (nSPS) is 12.4. The molecule has 1 aromatic heterocycles. The van der Waals surface area contributed by atoms with Gasteiger partial charge in [0.05, 0.1) is 5.02 Å². The molecule has 2 nitrogen and oxygen atoms in total. The van der Waals surface area contributed by atoms with Crippen LogP contribution in [0.3, 0.4) is 0 Å². The van der Waals surface area contributed by atoms with Crippen molar-refractivity contribution in [2.45, 2.75) is 12.5 Å². The van der Waals surface area contributed by atoms with E-state index >= 15 is 0 Å². The molecule has 1 unspecified atom stereocenters. The average Bonchev–Trinajstić information content (AvgIpc) is 2.35. The molecule has 0 amide bonds. The van der Waals surface area contributed by atoms with Gasteiger partial charge in [-0.3, -0.25) is 4.98 Å². The molecule has 0 bridgehead atoms. The van der Waals surface area contributed by atoms with E-state index in [1.54, 1.807) is 6.20 Å². The zero-order chi connectivity index (χ0) is 13.1. The minimum Gasteiger partial charge on any atom is -0.324 e. The van der Waals surface area contributed by atoms with Gasteiger partial charge in [0.1, 0.15) is 0 Å². The number of nitrogens with zero attached hydrogens (tertiary/aromatic N) is 1. The lowest BCUT2D eigenvalue weighted by atomic mass is 10.0. The Kier molecular flexibility index (Phi) is 4.78. The maximum Gasteiger partial charge on any atom is 0.0551 e. The predicted molar refractivity (Wildman–Crippen MR) is 81.7 cm³/mol. The number of aromatic nitrogens is 1. The summed E-state index contributed by atoms with van der Waals surface area (Å²) in [6, 6.07) is 9.58. The van der Waals surface area contributed by atoms with Crippen molar-refractivity contribution in [2.75, 3.05) is 0 Å². The predicted octanol–water partition coefficient (Wildman–Crippen LogP) is 4.50. The average molecular weight is 391 g/mol. The zero-order valence-electron chi connectivity index (χ0n) is 9.41. The first-order chi connectivity index (χ1) is 8.56. The van der Waals surface area contributed by atoms with Gasteiger partial charge in [-0.05, 0) is 61.7 Å². The summed E-state index contributed by atoms with van der Waals surface area (Å²) in [6.45, 7) is 0. The second-order valence-corrected chi connectivity index (χ2v) is 6.13. The molecule has 2 aromatic rings. The molecule has 0 spiro atoms. The number of benzene rings is 1. The zero-order valence-corrected chi connectivity index (χ0v) is 13.3. The SMILES string of the molecule is NC(Cc1ccc(Br)cn1)c1ccc(Br)c(Cl)c1. The Morgan fingerprint density at radius 3 is 2.61 bits per heavy atom. The van der Waals surface area contributed by atoms with Crippen LogP contribution in [0.5, 0.6) is 0 Å². The van der Waals surface area contributed by atoms with Crippen LogP contribution in [0.2, 0.25) is 5.02 Å². The van der Waals surface area contributed by atoms with E-state index in [-0.39, 0.29) is 6.04 Å². The Morgan fingerprint density at radius 1 is 1.22 bits per heavy atom. The van der Waals surface area contributed by atoms with Crippen LogP contribution in [-0.2, 0) is 6.42 Å². The van der Waals surface area contributed by atoms with E-state index < -0.39 is 0 Å². The Morgan fingerprint density at radius 2 is 2.00 bits per heavy atom. The van der Waals surface area contributed by atoms with Crippen molar-refractivity contribution in [3.8, 4) is 0 Å². The van der Waals surface area contributed by atoms with E-state index in [1.165, 1.54) is 0 Å². The highest BCUT2D eigenvalue weighted by Gasteiger charge is 2.09. The lowest BCUT2D eigenvalue weighted by molar-refractivity contribution is 0.706. The van der Waals surface area contributed by atoms with Gasteiger partial charge in [-0.15, -0.1) is 0 Å². The molecular weight excluding hydrogens is 379 g/mol. The van der Waals surface area contributed by atoms with Crippen molar-refractivity contribution in [1.82, 2.24) is 4.98 Å². The van der Waals surface area contributed by atoms with Gasteiger partial charge < -0.3 is 5.73 Å². The second kappa shape index (κ2) is 6.15. The van der Waals surface area contributed by atoms with Gasteiger partial charge in [0.15, 0.2) is 0 Å². The summed E-state index contributed by atoms with van der Waals surface area (Å²) in [5.41, 5.74) is 8.13. The van der Waals surface area contributed by atoms with Crippen LogP contribution >= 0.6 is 43.5 Å². The molecule has 5 heteroatoms. The fourth-order valence-electron chi connectivity index (χ4n) is 1.61. The standard InChI is InChI=1S/C13H11Br2ClN2/c14-9-2-3-10(18-7-9)6-13(17)8-1-4-11(15)12(16)5-8/h1-5,7,13H,6,17H2. The van der Waals surface area contributed by atoms with Gasteiger partial charge in [-0.1, -0.05) is 17.7 Å². The quantitative estimate of drug-likeness (QED) is 0.838. The van der Waals surface area contributed by atoms with Crippen LogP contribution in [0, 0.1) is 0 Å². The van der Waals surface area contributed by atoms with Crippen LogP contribution in [0.1, 0.15) is 17.3 Å². The number of halogens is 3. The van der Waals surface area contributed by atoms with Crippen LogP contribution in [0.15, 0.2) is 45.5 Å². The van der Waals surface area contributed by atoms with Gasteiger partial charge in [0.2, 0.25) is 0 Å². The fraction of sp³-hybridized carbons (Fsp3) is 0.154. The van der Waals surface area contributed by atoms with Crippen LogP contribution in [0.4, 0.5) is 0 Å². The van der Waals surface area contributed by atoms with Gasteiger partial charge in [-0.25, -0.2) is 0 Å². The summed E-state index contributed by atoms with van der Waals surface area (Å²) in [5.74, 6) is 0. The first kappa shape index (κ1) is 14.0. The number of pyridine rings is 1. The van der Waals surface area contributed by atoms with Gasteiger partial charge in [0.25, 0.3) is 0 Å². The highest BCUT2D eigenvalue weighted by atomic mass is 79.9. The summed E-state index contributed by atoms with van der Waals surface area (Å²) in [5, 5.41) is 0.673.